The molecule has 4 nitrogen and oxygen atoms in total. The van der Waals surface area contributed by atoms with Crippen molar-refractivity contribution >= 4 is 28.9 Å². The highest BCUT2D eigenvalue weighted by Gasteiger charge is 2.21. The van der Waals surface area contributed by atoms with Crippen molar-refractivity contribution < 1.29 is 15.3 Å². The summed E-state index contributed by atoms with van der Waals surface area (Å²) in [5, 5.41) is 28.4. The van der Waals surface area contributed by atoms with E-state index in [0.717, 1.165) is 0 Å². The van der Waals surface area contributed by atoms with Gasteiger partial charge in [0.1, 0.15) is 6.10 Å². The van der Waals surface area contributed by atoms with Gasteiger partial charge in [0, 0.05) is 17.2 Å². The van der Waals surface area contributed by atoms with E-state index < -0.39 is 12.2 Å². The average molecular weight is 266 g/mol. The molecule has 1 aromatic rings. The van der Waals surface area contributed by atoms with E-state index in [1.54, 1.807) is 0 Å². The summed E-state index contributed by atoms with van der Waals surface area (Å²) in [5.74, 6) is 0. The molecule has 1 rings (SSSR count). The van der Waals surface area contributed by atoms with E-state index in [-0.39, 0.29) is 23.1 Å². The minimum absolute atomic E-state index is 0.0551. The largest absolute Gasteiger partial charge is 0.397 e. The summed E-state index contributed by atoms with van der Waals surface area (Å²) in [4.78, 5) is 0. The van der Waals surface area contributed by atoms with Gasteiger partial charge in [-0.2, -0.15) is 0 Å². The summed E-state index contributed by atoms with van der Waals surface area (Å²) in [6.07, 6.45) is -2.24. The number of hydrogen-bond acceptors (Lipinski definition) is 4. The van der Waals surface area contributed by atoms with Gasteiger partial charge in [0.05, 0.1) is 16.8 Å². The second kappa shape index (κ2) is 5.70. The van der Waals surface area contributed by atoms with E-state index in [1.807, 2.05) is 0 Å². The predicted octanol–water partition coefficient (Wildman–Crippen LogP) is 1.35. The summed E-state index contributed by atoms with van der Waals surface area (Å²) in [7, 11) is 0. The van der Waals surface area contributed by atoms with Gasteiger partial charge in [-0.3, -0.25) is 0 Å². The lowest BCUT2D eigenvalue weighted by Crippen LogP contribution is -2.20. The zero-order chi connectivity index (χ0) is 12.3. The molecule has 16 heavy (non-hydrogen) atoms. The van der Waals surface area contributed by atoms with Gasteiger partial charge in [-0.1, -0.05) is 23.2 Å². The minimum Gasteiger partial charge on any atom is -0.397 e. The molecule has 0 aliphatic carbocycles. The fraction of sp³-hybridized carbons (Fsp3) is 0.400. The van der Waals surface area contributed by atoms with Crippen LogP contribution in [0.3, 0.4) is 0 Å². The van der Waals surface area contributed by atoms with E-state index in [9.17, 15) is 10.2 Å². The van der Waals surface area contributed by atoms with Gasteiger partial charge in [-0.15, -0.1) is 0 Å². The number of anilines is 1. The Labute approximate surface area is 103 Å². The number of nitrogen functional groups attached to an aromatic ring is 1. The number of aliphatic hydroxyl groups excluding tert-OH is 3. The monoisotopic (exact) mass is 265 g/mol. The quantitative estimate of drug-likeness (QED) is 0.619. The second-order valence-corrected chi connectivity index (χ2v) is 4.23. The molecule has 0 radical (unpaired) electrons. The lowest BCUT2D eigenvalue weighted by atomic mass is 10.0. The number of nitrogens with two attached hydrogens (primary N) is 1. The zero-order valence-corrected chi connectivity index (χ0v) is 9.91. The van der Waals surface area contributed by atoms with Crippen molar-refractivity contribution in [2.24, 2.45) is 0 Å². The van der Waals surface area contributed by atoms with Gasteiger partial charge in [0.15, 0.2) is 0 Å². The van der Waals surface area contributed by atoms with Crippen LogP contribution in [0.4, 0.5) is 5.69 Å². The summed E-state index contributed by atoms with van der Waals surface area (Å²) < 4.78 is 0. The average Bonchev–Trinajstić information content (AvgIpc) is 2.23. The van der Waals surface area contributed by atoms with Crippen LogP contribution in [0, 0.1) is 0 Å². The highest BCUT2D eigenvalue weighted by Crippen LogP contribution is 2.32. The molecule has 1 aromatic carbocycles. The molecule has 2 unspecified atom stereocenters. The minimum atomic E-state index is -1.20. The zero-order valence-electron chi connectivity index (χ0n) is 8.40. The SMILES string of the molecule is Nc1cc(Cl)c(C(O)C(O)CCO)cc1Cl. The van der Waals surface area contributed by atoms with Crippen molar-refractivity contribution in [2.75, 3.05) is 12.3 Å². The molecule has 6 heteroatoms. The molecule has 0 bridgehead atoms. The van der Waals surface area contributed by atoms with E-state index in [1.165, 1.54) is 12.1 Å². The van der Waals surface area contributed by atoms with Crippen molar-refractivity contribution in [3.63, 3.8) is 0 Å². The molecule has 0 spiro atoms. The molecule has 2 atom stereocenters. The van der Waals surface area contributed by atoms with E-state index in [4.69, 9.17) is 34.0 Å². The molecular weight excluding hydrogens is 253 g/mol. The van der Waals surface area contributed by atoms with Crippen molar-refractivity contribution in [3.8, 4) is 0 Å². The summed E-state index contributed by atoms with van der Waals surface area (Å²) in [5.41, 5.74) is 6.12. The van der Waals surface area contributed by atoms with Gasteiger partial charge in [-0.25, -0.2) is 0 Å². The first kappa shape index (κ1) is 13.5. The van der Waals surface area contributed by atoms with E-state index >= 15 is 0 Å². The smallest absolute Gasteiger partial charge is 0.106 e. The topological polar surface area (TPSA) is 86.7 Å². The molecule has 5 N–H and O–H groups in total. The van der Waals surface area contributed by atoms with Crippen LogP contribution in [0.5, 0.6) is 0 Å². The van der Waals surface area contributed by atoms with Gasteiger partial charge in [0.2, 0.25) is 0 Å². The molecule has 0 amide bonds. The van der Waals surface area contributed by atoms with Crippen LogP contribution < -0.4 is 5.73 Å². The highest BCUT2D eigenvalue weighted by molar-refractivity contribution is 6.35. The Bertz CT molecular complexity index is 373. The molecule has 0 aliphatic heterocycles. The van der Waals surface area contributed by atoms with Gasteiger partial charge >= 0.3 is 0 Å². The molecule has 0 aromatic heterocycles. The molecule has 0 saturated carbocycles. The van der Waals surface area contributed by atoms with Crippen molar-refractivity contribution in [1.82, 2.24) is 0 Å². The molecule has 0 aliphatic rings. The van der Waals surface area contributed by atoms with Gasteiger partial charge in [0.25, 0.3) is 0 Å². The fourth-order valence-corrected chi connectivity index (χ4v) is 1.76. The van der Waals surface area contributed by atoms with Crippen LogP contribution in [0.25, 0.3) is 0 Å². The van der Waals surface area contributed by atoms with Crippen molar-refractivity contribution in [1.29, 1.82) is 0 Å². The number of aliphatic hydroxyl groups is 3. The first-order valence-electron chi connectivity index (χ1n) is 4.68. The van der Waals surface area contributed by atoms with Crippen molar-refractivity contribution in [2.45, 2.75) is 18.6 Å². The Morgan fingerprint density at radius 1 is 1.19 bits per heavy atom. The molecule has 0 saturated heterocycles. The highest BCUT2D eigenvalue weighted by atomic mass is 35.5. The van der Waals surface area contributed by atoms with Gasteiger partial charge < -0.3 is 21.1 Å². The maximum Gasteiger partial charge on any atom is 0.106 e. The number of rotatable bonds is 4. The third kappa shape index (κ3) is 2.99. The fourth-order valence-electron chi connectivity index (χ4n) is 1.30. The summed E-state index contributed by atoms with van der Waals surface area (Å²) in [6, 6.07) is 2.82. The summed E-state index contributed by atoms with van der Waals surface area (Å²) in [6.45, 7) is -0.224. The van der Waals surface area contributed by atoms with Crippen LogP contribution in [0.2, 0.25) is 10.0 Å². The molecule has 0 fully saturated rings. The Kier molecular flexibility index (Phi) is 4.83. The number of hydrogen-bond donors (Lipinski definition) is 4. The van der Waals surface area contributed by atoms with E-state index in [0.29, 0.717) is 11.3 Å². The Morgan fingerprint density at radius 2 is 1.81 bits per heavy atom. The van der Waals surface area contributed by atoms with Crippen LogP contribution in [0.15, 0.2) is 12.1 Å². The normalized spacial score (nSPS) is 14.8. The predicted molar refractivity (Wildman–Crippen MR) is 63.5 cm³/mol. The standard InChI is InChI=1S/C10H13Cl2NO3/c11-6-4-8(13)7(12)3-5(6)10(16)9(15)1-2-14/h3-4,9-10,14-16H,1-2,13H2. The lowest BCUT2D eigenvalue weighted by Gasteiger charge is -2.19. The lowest BCUT2D eigenvalue weighted by molar-refractivity contribution is 0.00428. The Hall–Kier alpha value is -0.520. The Balaban J connectivity index is 2.99. The van der Waals surface area contributed by atoms with Crippen LogP contribution in [0.1, 0.15) is 18.1 Å². The maximum absolute atomic E-state index is 9.77. The molecular formula is C10H13Cl2NO3. The molecule has 0 heterocycles. The molecule has 90 valence electrons. The summed E-state index contributed by atoms with van der Waals surface area (Å²) >= 11 is 11.7. The third-order valence-corrected chi connectivity index (χ3v) is 2.88. The van der Waals surface area contributed by atoms with E-state index in [2.05, 4.69) is 0 Å². The second-order valence-electron chi connectivity index (χ2n) is 3.42. The van der Waals surface area contributed by atoms with Crippen LogP contribution >= 0.6 is 23.2 Å². The first-order chi connectivity index (χ1) is 7.47. The first-order valence-corrected chi connectivity index (χ1v) is 5.44. The Morgan fingerprint density at radius 3 is 2.38 bits per heavy atom. The third-order valence-electron chi connectivity index (χ3n) is 2.22. The number of benzene rings is 1. The van der Waals surface area contributed by atoms with Crippen molar-refractivity contribution in [3.05, 3.63) is 27.7 Å². The van der Waals surface area contributed by atoms with Crippen LogP contribution in [-0.2, 0) is 0 Å². The van der Waals surface area contributed by atoms with Crippen LogP contribution in [-0.4, -0.2) is 28.0 Å². The maximum atomic E-state index is 9.77. The van der Waals surface area contributed by atoms with Gasteiger partial charge in [-0.05, 0) is 18.6 Å². The number of halogens is 2.